The van der Waals surface area contributed by atoms with Crippen LogP contribution in [0.4, 0.5) is 4.39 Å². The lowest BCUT2D eigenvalue weighted by atomic mass is 10.1. The number of hydrogen-bond acceptors (Lipinski definition) is 3. The Bertz CT molecular complexity index is 439. The summed E-state index contributed by atoms with van der Waals surface area (Å²) in [6.45, 7) is 3.40. The number of thioether (sulfide) groups is 1. The molecule has 0 spiro atoms. The van der Waals surface area contributed by atoms with Gasteiger partial charge in [0.15, 0.2) is 0 Å². The van der Waals surface area contributed by atoms with Crippen LogP contribution in [0.2, 0.25) is 0 Å². The van der Waals surface area contributed by atoms with E-state index in [4.69, 9.17) is 0 Å². The van der Waals surface area contributed by atoms with Crippen LogP contribution in [0, 0.1) is 5.82 Å². The smallest absolute Gasteiger partial charge is 0.257 e. The van der Waals surface area contributed by atoms with Crippen LogP contribution in [-0.2, 0) is 0 Å². The van der Waals surface area contributed by atoms with E-state index in [2.05, 4.69) is 6.92 Å². The molecule has 0 saturated carbocycles. The van der Waals surface area contributed by atoms with Gasteiger partial charge in [-0.25, -0.2) is 4.39 Å². The maximum Gasteiger partial charge on any atom is 0.257 e. The van der Waals surface area contributed by atoms with Gasteiger partial charge >= 0.3 is 0 Å². The summed E-state index contributed by atoms with van der Waals surface area (Å²) in [5.41, 5.74) is 0.172. The van der Waals surface area contributed by atoms with Gasteiger partial charge in [-0.1, -0.05) is 6.92 Å². The lowest BCUT2D eigenvalue weighted by Crippen LogP contribution is -2.41. The second kappa shape index (κ2) is 4.96. The van der Waals surface area contributed by atoms with Gasteiger partial charge in [0.05, 0.1) is 5.56 Å². The van der Waals surface area contributed by atoms with Crippen molar-refractivity contribution in [2.24, 2.45) is 0 Å². The van der Waals surface area contributed by atoms with Crippen molar-refractivity contribution >= 4 is 17.7 Å². The molecule has 1 atom stereocenters. The van der Waals surface area contributed by atoms with E-state index in [0.29, 0.717) is 18.3 Å². The van der Waals surface area contributed by atoms with Gasteiger partial charge in [-0.15, -0.1) is 0 Å². The first-order valence-electron chi connectivity index (χ1n) is 5.47. The average molecular weight is 255 g/mol. The molecule has 92 valence electrons. The van der Waals surface area contributed by atoms with Gasteiger partial charge in [-0.3, -0.25) is 4.79 Å². The fraction of sp³-hybridized carbons (Fsp3) is 0.417. The fourth-order valence-electron chi connectivity index (χ4n) is 1.86. The topological polar surface area (TPSA) is 40.5 Å². The van der Waals surface area contributed by atoms with Crippen molar-refractivity contribution in [3.63, 3.8) is 0 Å². The van der Waals surface area contributed by atoms with Crippen molar-refractivity contribution in [3.8, 4) is 5.75 Å². The van der Waals surface area contributed by atoms with Crippen molar-refractivity contribution in [2.45, 2.75) is 12.2 Å². The highest BCUT2D eigenvalue weighted by molar-refractivity contribution is 7.99. The van der Waals surface area contributed by atoms with Crippen LogP contribution in [0.15, 0.2) is 18.2 Å². The maximum absolute atomic E-state index is 12.8. The molecule has 1 amide bonds. The molecule has 1 aliphatic rings. The van der Waals surface area contributed by atoms with Crippen LogP contribution >= 0.6 is 11.8 Å². The Hall–Kier alpha value is -1.23. The molecule has 1 aromatic rings. The number of hydrogen-bond donors (Lipinski definition) is 1. The minimum atomic E-state index is -0.540. The van der Waals surface area contributed by atoms with Gasteiger partial charge < -0.3 is 10.0 Å². The highest BCUT2D eigenvalue weighted by atomic mass is 32.2. The van der Waals surface area contributed by atoms with Crippen molar-refractivity contribution in [1.29, 1.82) is 0 Å². The van der Waals surface area contributed by atoms with E-state index < -0.39 is 5.82 Å². The van der Waals surface area contributed by atoms with Gasteiger partial charge in [0.2, 0.25) is 0 Å². The van der Waals surface area contributed by atoms with Crippen LogP contribution in [0.1, 0.15) is 17.3 Å². The molecule has 0 aliphatic carbocycles. The van der Waals surface area contributed by atoms with Gasteiger partial charge in [0, 0.05) is 30.2 Å². The van der Waals surface area contributed by atoms with Crippen molar-refractivity contribution in [3.05, 3.63) is 29.6 Å². The van der Waals surface area contributed by atoms with Crippen molar-refractivity contribution in [1.82, 2.24) is 4.90 Å². The largest absolute Gasteiger partial charge is 0.507 e. The molecule has 1 heterocycles. The van der Waals surface area contributed by atoms with Crippen molar-refractivity contribution in [2.75, 3.05) is 18.8 Å². The van der Waals surface area contributed by atoms with Crippen LogP contribution in [-0.4, -0.2) is 40.0 Å². The molecule has 0 bridgehead atoms. The molecule has 0 radical (unpaired) electrons. The molecule has 1 unspecified atom stereocenters. The number of carbonyl (C=O) groups is 1. The summed E-state index contributed by atoms with van der Waals surface area (Å²) in [5, 5.41) is 9.96. The normalized spacial score (nSPS) is 20.4. The molecule has 1 N–H and O–H groups in total. The second-order valence-corrected chi connectivity index (χ2v) is 5.64. The third-order valence-electron chi connectivity index (χ3n) is 2.72. The maximum atomic E-state index is 12.8. The Morgan fingerprint density at radius 3 is 3.00 bits per heavy atom. The lowest BCUT2D eigenvalue weighted by molar-refractivity contribution is 0.0760. The molecule has 1 fully saturated rings. The molecule has 1 saturated heterocycles. The number of carbonyl (C=O) groups excluding carboxylic acids is 1. The quantitative estimate of drug-likeness (QED) is 0.835. The van der Waals surface area contributed by atoms with Crippen LogP contribution < -0.4 is 0 Å². The van der Waals surface area contributed by atoms with E-state index in [9.17, 15) is 14.3 Å². The zero-order chi connectivity index (χ0) is 12.4. The number of nitrogens with zero attached hydrogens (tertiary/aromatic N) is 1. The Balaban J connectivity index is 2.18. The number of benzene rings is 1. The van der Waals surface area contributed by atoms with E-state index in [1.165, 1.54) is 12.1 Å². The monoisotopic (exact) mass is 255 g/mol. The number of phenolic OH excluding ortho intramolecular Hbond substituents is 1. The molecule has 1 aromatic carbocycles. The Morgan fingerprint density at radius 2 is 2.35 bits per heavy atom. The molecular weight excluding hydrogens is 241 g/mol. The highest BCUT2D eigenvalue weighted by Crippen LogP contribution is 2.23. The standard InChI is InChI=1S/C12H14FNO2S/c1-8-7-14(4-5-17-8)12(16)10-3-2-9(13)6-11(10)15/h2-3,6,8,15H,4-5,7H2,1H3. The average Bonchev–Trinajstić information content (AvgIpc) is 2.28. The molecule has 17 heavy (non-hydrogen) atoms. The van der Waals surface area contributed by atoms with Gasteiger partial charge in [-0.2, -0.15) is 11.8 Å². The van der Waals surface area contributed by atoms with E-state index in [-0.39, 0.29) is 17.2 Å². The molecular formula is C12H14FNO2S. The van der Waals surface area contributed by atoms with Gasteiger partial charge in [-0.05, 0) is 12.1 Å². The van der Waals surface area contributed by atoms with E-state index in [1.807, 2.05) is 11.8 Å². The first-order chi connectivity index (χ1) is 8.08. The summed E-state index contributed by atoms with van der Waals surface area (Å²) in [4.78, 5) is 13.8. The van der Waals surface area contributed by atoms with E-state index >= 15 is 0 Å². The molecule has 1 aliphatic heterocycles. The first-order valence-corrected chi connectivity index (χ1v) is 6.52. The summed E-state index contributed by atoms with van der Waals surface area (Å²) in [6.07, 6.45) is 0. The Morgan fingerprint density at radius 1 is 1.59 bits per heavy atom. The summed E-state index contributed by atoms with van der Waals surface area (Å²) in [5.74, 6) is -0.161. The predicted molar refractivity (Wildman–Crippen MR) is 65.9 cm³/mol. The lowest BCUT2D eigenvalue weighted by Gasteiger charge is -2.30. The number of phenols is 1. The zero-order valence-electron chi connectivity index (χ0n) is 9.52. The summed E-state index contributed by atoms with van der Waals surface area (Å²) < 4.78 is 12.8. The number of halogens is 1. The van der Waals surface area contributed by atoms with E-state index in [0.717, 1.165) is 11.8 Å². The SMILES string of the molecule is CC1CN(C(=O)c2ccc(F)cc2O)CCS1. The Kier molecular flexibility index (Phi) is 3.57. The summed E-state index contributed by atoms with van der Waals surface area (Å²) >= 11 is 1.82. The number of amides is 1. The summed E-state index contributed by atoms with van der Waals surface area (Å²) in [6, 6.07) is 3.49. The zero-order valence-corrected chi connectivity index (χ0v) is 10.3. The van der Waals surface area contributed by atoms with Gasteiger partial charge in [0.1, 0.15) is 11.6 Å². The minimum Gasteiger partial charge on any atom is -0.507 e. The van der Waals surface area contributed by atoms with E-state index in [1.54, 1.807) is 4.90 Å². The second-order valence-electron chi connectivity index (χ2n) is 4.09. The summed E-state index contributed by atoms with van der Waals surface area (Å²) in [7, 11) is 0. The molecule has 3 nitrogen and oxygen atoms in total. The molecule has 0 aromatic heterocycles. The van der Waals surface area contributed by atoms with Crippen LogP contribution in [0.3, 0.4) is 0 Å². The third kappa shape index (κ3) is 2.72. The van der Waals surface area contributed by atoms with Gasteiger partial charge in [0.25, 0.3) is 5.91 Å². The predicted octanol–water partition coefficient (Wildman–Crippen LogP) is 2.11. The molecule has 5 heteroatoms. The number of aromatic hydroxyl groups is 1. The molecule has 2 rings (SSSR count). The van der Waals surface area contributed by atoms with Crippen LogP contribution in [0.25, 0.3) is 0 Å². The minimum absolute atomic E-state index is 0.172. The Labute approximate surface area is 104 Å². The van der Waals surface area contributed by atoms with Crippen molar-refractivity contribution < 1.29 is 14.3 Å². The highest BCUT2D eigenvalue weighted by Gasteiger charge is 2.24. The first kappa shape index (κ1) is 12.2. The fourth-order valence-corrected chi connectivity index (χ4v) is 2.87. The third-order valence-corrected chi connectivity index (χ3v) is 3.85. The number of rotatable bonds is 1. The van der Waals surface area contributed by atoms with Crippen LogP contribution in [0.5, 0.6) is 5.75 Å².